The van der Waals surface area contributed by atoms with Crippen LogP contribution >= 0.6 is 0 Å². The summed E-state index contributed by atoms with van der Waals surface area (Å²) in [6, 6.07) is 7.74. The summed E-state index contributed by atoms with van der Waals surface area (Å²) < 4.78 is 5.20. The molecule has 0 aliphatic heterocycles. The van der Waals surface area contributed by atoms with Crippen molar-refractivity contribution in [3.63, 3.8) is 0 Å². The molecule has 0 unspecified atom stereocenters. The Morgan fingerprint density at radius 1 is 1.36 bits per heavy atom. The molecule has 0 aliphatic rings. The molecule has 0 saturated heterocycles. The van der Waals surface area contributed by atoms with E-state index in [9.17, 15) is 0 Å². The number of benzene rings is 1. The third kappa shape index (κ3) is 1.71. The van der Waals surface area contributed by atoms with E-state index in [1.807, 2.05) is 24.3 Å². The van der Waals surface area contributed by atoms with Crippen molar-refractivity contribution in [2.45, 2.75) is 6.42 Å². The first-order valence-corrected chi connectivity index (χ1v) is 4.19. The third-order valence-corrected chi connectivity index (χ3v) is 1.90. The summed E-state index contributed by atoms with van der Waals surface area (Å²) in [6.07, 6.45) is 0.594. The van der Waals surface area contributed by atoms with Gasteiger partial charge in [0.2, 0.25) is 0 Å². The fourth-order valence-corrected chi connectivity index (χ4v) is 1.25. The number of aromatic nitrogens is 4. The fraction of sp³-hybridized carbons (Fsp3) is 0.222. The highest BCUT2D eigenvalue weighted by atomic mass is 16.5. The molecular formula is C9H9N4O-. The van der Waals surface area contributed by atoms with Crippen molar-refractivity contribution in [3.05, 3.63) is 35.7 Å². The molecule has 0 saturated carbocycles. The van der Waals surface area contributed by atoms with Gasteiger partial charge in [-0.05, 0) is 11.6 Å². The number of rotatable bonds is 3. The van der Waals surface area contributed by atoms with E-state index in [1.165, 1.54) is 0 Å². The predicted octanol–water partition coefficient (Wildman–Crippen LogP) is 0.428. The second-order valence-electron chi connectivity index (χ2n) is 2.78. The Kier molecular flexibility index (Phi) is 2.40. The lowest BCUT2D eigenvalue weighted by atomic mass is 10.1. The van der Waals surface area contributed by atoms with Crippen LogP contribution in [-0.4, -0.2) is 22.6 Å². The van der Waals surface area contributed by atoms with Crippen LogP contribution in [0.4, 0.5) is 0 Å². The van der Waals surface area contributed by atoms with Crippen LogP contribution in [0.1, 0.15) is 11.4 Å². The zero-order valence-corrected chi connectivity index (χ0v) is 7.71. The molecule has 0 radical (unpaired) electrons. The number of hydrogen-bond donors (Lipinski definition) is 0. The topological polar surface area (TPSA) is 62.0 Å². The van der Waals surface area contributed by atoms with Crippen molar-refractivity contribution >= 4 is 0 Å². The SMILES string of the molecule is COc1ccccc1Cc1nnn[n-]1. The Bertz CT molecular complexity index is 399. The molecular weight excluding hydrogens is 180 g/mol. The molecule has 14 heavy (non-hydrogen) atoms. The average molecular weight is 189 g/mol. The molecule has 2 aromatic rings. The van der Waals surface area contributed by atoms with E-state index in [-0.39, 0.29) is 0 Å². The number of tetrazole rings is 1. The van der Waals surface area contributed by atoms with Crippen molar-refractivity contribution in [1.82, 2.24) is 20.6 Å². The molecule has 1 heterocycles. The molecule has 0 aliphatic carbocycles. The fourth-order valence-electron chi connectivity index (χ4n) is 1.25. The summed E-state index contributed by atoms with van der Waals surface area (Å²) in [5.74, 6) is 1.44. The lowest BCUT2D eigenvalue weighted by Gasteiger charge is -2.07. The van der Waals surface area contributed by atoms with E-state index in [2.05, 4.69) is 20.6 Å². The Hall–Kier alpha value is -1.91. The monoisotopic (exact) mass is 189 g/mol. The summed E-state index contributed by atoms with van der Waals surface area (Å²) in [7, 11) is 1.64. The minimum Gasteiger partial charge on any atom is -0.496 e. The van der Waals surface area contributed by atoms with Crippen LogP contribution < -0.4 is 9.84 Å². The molecule has 0 amide bonds. The average Bonchev–Trinajstić information content (AvgIpc) is 2.71. The maximum atomic E-state index is 5.20. The number of hydrogen-bond acceptors (Lipinski definition) is 4. The second kappa shape index (κ2) is 3.87. The van der Waals surface area contributed by atoms with Crippen molar-refractivity contribution in [3.8, 4) is 5.75 Å². The molecule has 5 heteroatoms. The number of nitrogens with zero attached hydrogens (tertiary/aromatic N) is 4. The Morgan fingerprint density at radius 3 is 2.93 bits per heavy atom. The number of para-hydroxylation sites is 1. The van der Waals surface area contributed by atoms with Crippen LogP contribution in [0.25, 0.3) is 0 Å². The van der Waals surface area contributed by atoms with Crippen LogP contribution in [-0.2, 0) is 6.42 Å². The second-order valence-corrected chi connectivity index (χ2v) is 2.78. The van der Waals surface area contributed by atoms with Crippen LogP contribution in [0, 0.1) is 0 Å². The van der Waals surface area contributed by atoms with Gasteiger partial charge in [-0.25, -0.2) is 0 Å². The van der Waals surface area contributed by atoms with E-state index in [4.69, 9.17) is 4.74 Å². The highest BCUT2D eigenvalue weighted by molar-refractivity contribution is 5.34. The first kappa shape index (κ1) is 8.68. The van der Waals surface area contributed by atoms with Gasteiger partial charge in [0.25, 0.3) is 0 Å². The first-order valence-electron chi connectivity index (χ1n) is 4.19. The molecule has 0 fully saturated rings. The zero-order valence-electron chi connectivity index (χ0n) is 7.71. The molecule has 1 aromatic carbocycles. The molecule has 1 aromatic heterocycles. The molecule has 72 valence electrons. The van der Waals surface area contributed by atoms with Gasteiger partial charge in [0.15, 0.2) is 0 Å². The Morgan fingerprint density at radius 2 is 2.21 bits per heavy atom. The van der Waals surface area contributed by atoms with Crippen LogP contribution in [0.5, 0.6) is 5.75 Å². The van der Waals surface area contributed by atoms with Crippen molar-refractivity contribution in [2.75, 3.05) is 7.11 Å². The third-order valence-electron chi connectivity index (χ3n) is 1.90. The van der Waals surface area contributed by atoms with Gasteiger partial charge in [-0.2, -0.15) is 5.21 Å². The summed E-state index contributed by atoms with van der Waals surface area (Å²) in [5.41, 5.74) is 1.03. The zero-order chi connectivity index (χ0) is 9.80. The first-order chi connectivity index (χ1) is 6.90. The van der Waals surface area contributed by atoms with Crippen LogP contribution in [0.2, 0.25) is 0 Å². The standard InChI is InChI=1S/C9H9N4O/c1-14-8-5-3-2-4-7(8)6-9-10-12-13-11-9/h2-5H,6H2,1H3/q-1. The van der Waals surface area contributed by atoms with Gasteiger partial charge < -0.3 is 9.84 Å². The molecule has 5 nitrogen and oxygen atoms in total. The quantitative estimate of drug-likeness (QED) is 0.700. The lowest BCUT2D eigenvalue weighted by molar-refractivity contribution is 0.410. The van der Waals surface area contributed by atoms with E-state index >= 15 is 0 Å². The minimum atomic E-state index is 0.594. The minimum absolute atomic E-state index is 0.594. The van der Waals surface area contributed by atoms with Crippen molar-refractivity contribution < 1.29 is 4.74 Å². The van der Waals surface area contributed by atoms with E-state index in [0.29, 0.717) is 12.2 Å². The van der Waals surface area contributed by atoms with Crippen LogP contribution in [0.3, 0.4) is 0 Å². The van der Waals surface area contributed by atoms with Crippen molar-refractivity contribution in [1.29, 1.82) is 0 Å². The lowest BCUT2D eigenvalue weighted by Crippen LogP contribution is -1.96. The molecule has 0 N–H and O–H groups in total. The Labute approximate surface area is 81.1 Å². The normalized spacial score (nSPS) is 10.1. The highest BCUT2D eigenvalue weighted by Crippen LogP contribution is 2.18. The van der Waals surface area contributed by atoms with Gasteiger partial charge in [-0.3, -0.25) is 10.3 Å². The number of methoxy groups -OCH3 is 1. The molecule has 0 atom stereocenters. The van der Waals surface area contributed by atoms with Gasteiger partial charge in [0.1, 0.15) is 5.75 Å². The molecule has 0 spiro atoms. The smallest absolute Gasteiger partial charge is 0.122 e. The van der Waals surface area contributed by atoms with E-state index < -0.39 is 0 Å². The van der Waals surface area contributed by atoms with E-state index in [1.54, 1.807) is 7.11 Å². The van der Waals surface area contributed by atoms with Gasteiger partial charge in [-0.15, -0.1) is 0 Å². The van der Waals surface area contributed by atoms with Gasteiger partial charge >= 0.3 is 0 Å². The summed E-state index contributed by atoms with van der Waals surface area (Å²) in [6.45, 7) is 0. The predicted molar refractivity (Wildman–Crippen MR) is 48.9 cm³/mol. The largest absolute Gasteiger partial charge is 0.496 e. The number of ether oxygens (including phenoxy) is 1. The Balaban J connectivity index is 2.24. The summed E-state index contributed by atoms with van der Waals surface area (Å²) in [5, 5.41) is 14.4. The summed E-state index contributed by atoms with van der Waals surface area (Å²) in [4.78, 5) is 0. The van der Waals surface area contributed by atoms with Gasteiger partial charge in [0, 0.05) is 12.2 Å². The molecule has 0 bridgehead atoms. The van der Waals surface area contributed by atoms with Gasteiger partial charge in [0.05, 0.1) is 7.11 Å². The summed E-state index contributed by atoms with van der Waals surface area (Å²) >= 11 is 0. The van der Waals surface area contributed by atoms with Crippen molar-refractivity contribution in [2.24, 2.45) is 0 Å². The maximum absolute atomic E-state index is 5.20. The van der Waals surface area contributed by atoms with Crippen LogP contribution in [0.15, 0.2) is 24.3 Å². The van der Waals surface area contributed by atoms with Gasteiger partial charge in [-0.1, -0.05) is 18.2 Å². The highest BCUT2D eigenvalue weighted by Gasteiger charge is 2.01. The molecule has 2 rings (SSSR count). The van der Waals surface area contributed by atoms with E-state index in [0.717, 1.165) is 11.3 Å². The maximum Gasteiger partial charge on any atom is 0.122 e.